The largest absolute Gasteiger partial charge is 0.340 e. The van der Waals surface area contributed by atoms with Crippen LogP contribution in [0.3, 0.4) is 0 Å². The predicted molar refractivity (Wildman–Crippen MR) is 123 cm³/mol. The molecule has 3 fully saturated rings. The van der Waals surface area contributed by atoms with Gasteiger partial charge in [0.25, 0.3) is 0 Å². The van der Waals surface area contributed by atoms with Crippen LogP contribution in [-0.2, 0) is 19.8 Å². The fourth-order valence-corrected chi connectivity index (χ4v) is 5.60. The molecule has 1 saturated carbocycles. The molecule has 0 unspecified atom stereocenters. The molecule has 7 nitrogen and oxygen atoms in total. The maximum atomic E-state index is 14.9. The molecular formula is C25H35FN4O3. The Hall–Kier alpha value is -2.32. The van der Waals surface area contributed by atoms with Crippen LogP contribution in [0.1, 0.15) is 44.1 Å². The highest BCUT2D eigenvalue weighted by Crippen LogP contribution is 2.41. The van der Waals surface area contributed by atoms with Crippen LogP contribution in [0.15, 0.2) is 24.3 Å². The second kappa shape index (κ2) is 9.89. The van der Waals surface area contributed by atoms with Crippen molar-refractivity contribution in [2.45, 2.75) is 50.0 Å². The van der Waals surface area contributed by atoms with E-state index in [4.69, 9.17) is 0 Å². The molecule has 1 atom stereocenters. The summed E-state index contributed by atoms with van der Waals surface area (Å²) in [5.41, 5.74) is -1.33. The quantitative estimate of drug-likeness (QED) is 0.584. The Labute approximate surface area is 195 Å². The number of piperazine rings is 1. The zero-order valence-electron chi connectivity index (χ0n) is 19.8. The normalized spacial score (nSPS) is 25.0. The van der Waals surface area contributed by atoms with Crippen molar-refractivity contribution in [3.63, 3.8) is 0 Å². The number of likely N-dealkylation sites (N-methyl/N-ethyl adjacent to an activating group) is 1. The molecule has 3 aliphatic rings. The number of amides is 3. The molecule has 1 aromatic carbocycles. The first-order valence-corrected chi connectivity index (χ1v) is 12.1. The highest BCUT2D eigenvalue weighted by molar-refractivity contribution is 6.10. The molecule has 180 valence electrons. The minimum Gasteiger partial charge on any atom is -0.340 e. The third-order valence-corrected chi connectivity index (χ3v) is 7.53. The summed E-state index contributed by atoms with van der Waals surface area (Å²) in [6, 6.07) is 6.67. The Morgan fingerprint density at radius 2 is 1.76 bits per heavy atom. The van der Waals surface area contributed by atoms with Crippen molar-refractivity contribution in [3.05, 3.63) is 35.6 Å². The number of imide groups is 1. The Bertz CT molecular complexity index is 893. The second-order valence-corrected chi connectivity index (χ2v) is 9.92. The van der Waals surface area contributed by atoms with E-state index in [2.05, 4.69) is 4.90 Å². The van der Waals surface area contributed by atoms with E-state index in [-0.39, 0.29) is 36.8 Å². The summed E-state index contributed by atoms with van der Waals surface area (Å²) in [4.78, 5) is 47.2. The Morgan fingerprint density at radius 1 is 1.09 bits per heavy atom. The summed E-state index contributed by atoms with van der Waals surface area (Å²) in [5.74, 6) is -1.53. The van der Waals surface area contributed by atoms with Gasteiger partial charge in [0.15, 0.2) is 0 Å². The smallest absolute Gasteiger partial charge is 0.241 e. The number of carbonyl (C=O) groups is 3. The van der Waals surface area contributed by atoms with Crippen LogP contribution in [0.2, 0.25) is 0 Å². The van der Waals surface area contributed by atoms with Gasteiger partial charge in [0, 0.05) is 63.7 Å². The highest BCUT2D eigenvalue weighted by atomic mass is 19.1. The van der Waals surface area contributed by atoms with Crippen molar-refractivity contribution in [2.75, 3.05) is 53.4 Å². The van der Waals surface area contributed by atoms with Gasteiger partial charge < -0.3 is 9.80 Å². The fourth-order valence-electron chi connectivity index (χ4n) is 5.60. The number of nitrogens with zero attached hydrogens (tertiary/aromatic N) is 4. The molecule has 0 aromatic heterocycles. The third-order valence-electron chi connectivity index (χ3n) is 7.53. The molecule has 2 aliphatic heterocycles. The lowest BCUT2D eigenvalue weighted by Gasteiger charge is -2.39. The summed E-state index contributed by atoms with van der Waals surface area (Å²) in [7, 11) is 3.73. The molecule has 1 aromatic rings. The molecule has 1 aliphatic carbocycles. The van der Waals surface area contributed by atoms with Crippen LogP contribution in [0.5, 0.6) is 0 Å². The summed E-state index contributed by atoms with van der Waals surface area (Å²) < 4.78 is 14.9. The monoisotopic (exact) mass is 458 g/mol. The van der Waals surface area contributed by atoms with E-state index in [1.54, 1.807) is 23.1 Å². The van der Waals surface area contributed by atoms with Crippen molar-refractivity contribution in [3.8, 4) is 0 Å². The van der Waals surface area contributed by atoms with Gasteiger partial charge in [0.05, 0.1) is 5.41 Å². The van der Waals surface area contributed by atoms with E-state index >= 15 is 0 Å². The van der Waals surface area contributed by atoms with E-state index in [0.29, 0.717) is 25.7 Å². The van der Waals surface area contributed by atoms with Crippen LogP contribution < -0.4 is 0 Å². The lowest BCUT2D eigenvalue weighted by Crippen LogP contribution is -2.53. The molecule has 0 bridgehead atoms. The van der Waals surface area contributed by atoms with E-state index in [1.807, 2.05) is 19.0 Å². The van der Waals surface area contributed by atoms with E-state index < -0.39 is 17.1 Å². The van der Waals surface area contributed by atoms with Crippen molar-refractivity contribution in [1.29, 1.82) is 0 Å². The average Bonchev–Trinajstić information content (AvgIpc) is 3.41. The number of carbonyl (C=O) groups excluding carboxylic acids is 3. The molecule has 3 amide bonds. The molecule has 0 N–H and O–H groups in total. The first-order chi connectivity index (χ1) is 15.8. The summed E-state index contributed by atoms with van der Waals surface area (Å²) in [5, 5.41) is 0. The molecule has 0 radical (unpaired) electrons. The molecule has 4 rings (SSSR count). The molecule has 0 spiro atoms. The number of rotatable bonds is 7. The number of likely N-dealkylation sites (tertiary alicyclic amines) is 1. The van der Waals surface area contributed by atoms with Crippen LogP contribution in [0.4, 0.5) is 4.39 Å². The predicted octanol–water partition coefficient (Wildman–Crippen LogP) is 1.86. The molecule has 33 heavy (non-hydrogen) atoms. The van der Waals surface area contributed by atoms with Gasteiger partial charge in [-0.25, -0.2) is 4.39 Å². The van der Waals surface area contributed by atoms with Gasteiger partial charge in [-0.3, -0.25) is 24.2 Å². The fraction of sp³-hybridized carbons (Fsp3) is 0.640. The number of hydrogen-bond donors (Lipinski definition) is 0. The summed E-state index contributed by atoms with van der Waals surface area (Å²) in [6.07, 6.45) is 4.65. The van der Waals surface area contributed by atoms with Gasteiger partial charge in [-0.05, 0) is 33.0 Å². The number of benzene rings is 1. The number of hydrogen-bond acceptors (Lipinski definition) is 5. The van der Waals surface area contributed by atoms with Crippen LogP contribution in [0.25, 0.3) is 0 Å². The molecule has 2 heterocycles. The standard InChI is InChI=1S/C25H35FN4O3/c1-27(2)11-16-30-23(32)18-25(24(30)33,20-9-5-6-10-21(20)26)17-22(31)29-14-12-28(13-15-29)19-7-3-4-8-19/h5-6,9-10,19H,3-4,7-8,11-18H2,1-2H3/t25-/m0/s1. The zero-order valence-corrected chi connectivity index (χ0v) is 19.8. The zero-order chi connectivity index (χ0) is 23.6. The van der Waals surface area contributed by atoms with E-state index in [0.717, 1.165) is 13.1 Å². The summed E-state index contributed by atoms with van der Waals surface area (Å²) >= 11 is 0. The second-order valence-electron chi connectivity index (χ2n) is 9.92. The van der Waals surface area contributed by atoms with Crippen LogP contribution in [0, 0.1) is 5.82 Å². The van der Waals surface area contributed by atoms with Crippen LogP contribution in [-0.4, -0.2) is 96.7 Å². The third kappa shape index (κ3) is 4.82. The molecule has 8 heteroatoms. The Kier molecular flexibility index (Phi) is 7.14. The number of halogens is 1. The first-order valence-electron chi connectivity index (χ1n) is 12.1. The molecule has 2 saturated heterocycles. The maximum absolute atomic E-state index is 14.9. The van der Waals surface area contributed by atoms with E-state index in [1.165, 1.54) is 36.6 Å². The lowest BCUT2D eigenvalue weighted by atomic mass is 9.75. The van der Waals surface area contributed by atoms with Gasteiger partial charge in [-0.1, -0.05) is 31.0 Å². The average molecular weight is 459 g/mol. The van der Waals surface area contributed by atoms with Crippen LogP contribution >= 0.6 is 0 Å². The van der Waals surface area contributed by atoms with Gasteiger partial charge in [0.1, 0.15) is 5.82 Å². The molecular weight excluding hydrogens is 423 g/mol. The first kappa shape index (κ1) is 23.8. The van der Waals surface area contributed by atoms with Crippen molar-refractivity contribution < 1.29 is 18.8 Å². The Morgan fingerprint density at radius 3 is 2.39 bits per heavy atom. The van der Waals surface area contributed by atoms with Crippen molar-refractivity contribution in [1.82, 2.24) is 19.6 Å². The summed E-state index contributed by atoms with van der Waals surface area (Å²) in [6.45, 7) is 3.61. The topological polar surface area (TPSA) is 64.2 Å². The van der Waals surface area contributed by atoms with Gasteiger partial charge in [0.2, 0.25) is 17.7 Å². The lowest BCUT2D eigenvalue weighted by molar-refractivity contribution is -0.143. The highest BCUT2D eigenvalue weighted by Gasteiger charge is 2.55. The minimum atomic E-state index is -1.48. The maximum Gasteiger partial charge on any atom is 0.241 e. The van der Waals surface area contributed by atoms with Crippen molar-refractivity contribution >= 4 is 17.7 Å². The minimum absolute atomic E-state index is 0.147. The van der Waals surface area contributed by atoms with Gasteiger partial charge in [-0.15, -0.1) is 0 Å². The van der Waals surface area contributed by atoms with Gasteiger partial charge >= 0.3 is 0 Å². The van der Waals surface area contributed by atoms with Crippen molar-refractivity contribution in [2.24, 2.45) is 0 Å². The van der Waals surface area contributed by atoms with Gasteiger partial charge in [-0.2, -0.15) is 0 Å². The Balaban J connectivity index is 1.53. The SMILES string of the molecule is CN(C)CCN1C(=O)C[C@@](CC(=O)N2CCN(C3CCCC3)CC2)(c2ccccc2F)C1=O. The van der Waals surface area contributed by atoms with E-state index in [9.17, 15) is 18.8 Å².